The molecular weight excluding hydrogens is 284 g/mol. The number of anilines is 1. The summed E-state index contributed by atoms with van der Waals surface area (Å²) in [6.07, 6.45) is 1.50. The average molecular weight is 308 g/mol. The van der Waals surface area contributed by atoms with Crippen LogP contribution in [0.4, 0.5) is 5.69 Å². The summed E-state index contributed by atoms with van der Waals surface area (Å²) in [5.41, 5.74) is 6.28. The Bertz CT molecular complexity index is 688. The predicted molar refractivity (Wildman–Crippen MR) is 94.6 cm³/mol. The Morgan fingerprint density at radius 1 is 1.04 bits per heavy atom. The summed E-state index contributed by atoms with van der Waals surface area (Å²) >= 11 is 0. The summed E-state index contributed by atoms with van der Waals surface area (Å²) in [5, 5.41) is 3.42. The molecule has 3 rings (SSSR count). The van der Waals surface area contributed by atoms with E-state index in [4.69, 9.17) is 0 Å². The van der Waals surface area contributed by atoms with Crippen molar-refractivity contribution in [3.05, 3.63) is 64.7 Å². The quantitative estimate of drug-likeness (QED) is 0.934. The zero-order valence-electron chi connectivity index (χ0n) is 13.9. The first kappa shape index (κ1) is 15.6. The number of aryl methyl sites for hydroxylation is 2. The Morgan fingerprint density at radius 2 is 1.74 bits per heavy atom. The molecule has 0 unspecified atom stereocenters. The molecular formula is C20H24N2O. The minimum Gasteiger partial charge on any atom is -0.384 e. The van der Waals surface area contributed by atoms with E-state index in [1.54, 1.807) is 0 Å². The summed E-state index contributed by atoms with van der Waals surface area (Å²) in [6.45, 7) is 6.46. The Balaban J connectivity index is 1.55. The van der Waals surface area contributed by atoms with Crippen LogP contribution in [0.5, 0.6) is 0 Å². The molecule has 1 aliphatic heterocycles. The van der Waals surface area contributed by atoms with E-state index in [9.17, 15) is 4.79 Å². The van der Waals surface area contributed by atoms with E-state index in [1.807, 2.05) is 4.90 Å². The van der Waals surface area contributed by atoms with Gasteiger partial charge in [0.25, 0.3) is 0 Å². The van der Waals surface area contributed by atoms with Crippen LogP contribution in [-0.4, -0.2) is 23.9 Å². The van der Waals surface area contributed by atoms with Gasteiger partial charge in [0.2, 0.25) is 5.91 Å². The SMILES string of the molecule is Cc1cccc(C)c1NCCC(=O)N1CCc2ccccc2C1. The number of hydrogen-bond acceptors (Lipinski definition) is 2. The molecule has 0 spiro atoms. The lowest BCUT2D eigenvalue weighted by atomic mass is 10.00. The van der Waals surface area contributed by atoms with E-state index in [0.717, 1.165) is 25.2 Å². The van der Waals surface area contributed by atoms with Crippen LogP contribution < -0.4 is 5.32 Å². The van der Waals surface area contributed by atoms with Gasteiger partial charge in [-0.2, -0.15) is 0 Å². The molecule has 120 valence electrons. The Labute approximate surface area is 138 Å². The molecule has 23 heavy (non-hydrogen) atoms. The number of para-hydroxylation sites is 1. The van der Waals surface area contributed by atoms with E-state index >= 15 is 0 Å². The minimum atomic E-state index is 0.234. The van der Waals surface area contributed by atoms with Gasteiger partial charge in [0.1, 0.15) is 0 Å². The third-order valence-electron chi connectivity index (χ3n) is 4.61. The second-order valence-electron chi connectivity index (χ2n) is 6.28. The second-order valence-corrected chi connectivity index (χ2v) is 6.28. The summed E-state index contributed by atoms with van der Waals surface area (Å²) < 4.78 is 0. The summed E-state index contributed by atoms with van der Waals surface area (Å²) in [6, 6.07) is 14.7. The molecule has 1 amide bonds. The normalized spacial score (nSPS) is 13.6. The number of carbonyl (C=O) groups is 1. The monoisotopic (exact) mass is 308 g/mol. The molecule has 0 atom stereocenters. The van der Waals surface area contributed by atoms with Crippen LogP contribution in [0.2, 0.25) is 0 Å². The molecule has 3 heteroatoms. The van der Waals surface area contributed by atoms with Crippen molar-refractivity contribution in [2.24, 2.45) is 0 Å². The lowest BCUT2D eigenvalue weighted by molar-refractivity contribution is -0.131. The standard InChI is InChI=1S/C20H24N2O/c1-15-6-5-7-16(2)20(15)21-12-10-19(23)22-13-11-17-8-3-4-9-18(17)14-22/h3-9,21H,10-14H2,1-2H3. The molecule has 1 aliphatic rings. The van der Waals surface area contributed by atoms with Crippen molar-refractivity contribution in [2.45, 2.75) is 33.2 Å². The Hall–Kier alpha value is -2.29. The topological polar surface area (TPSA) is 32.3 Å². The van der Waals surface area contributed by atoms with Crippen molar-refractivity contribution in [1.29, 1.82) is 0 Å². The van der Waals surface area contributed by atoms with Gasteiger partial charge in [0.05, 0.1) is 0 Å². The number of hydrogen-bond donors (Lipinski definition) is 1. The zero-order chi connectivity index (χ0) is 16.2. The number of carbonyl (C=O) groups excluding carboxylic acids is 1. The fourth-order valence-electron chi connectivity index (χ4n) is 3.25. The van der Waals surface area contributed by atoms with Gasteiger partial charge >= 0.3 is 0 Å². The molecule has 0 aromatic heterocycles. The summed E-state index contributed by atoms with van der Waals surface area (Å²) in [4.78, 5) is 14.4. The highest BCUT2D eigenvalue weighted by Gasteiger charge is 2.19. The zero-order valence-corrected chi connectivity index (χ0v) is 13.9. The largest absolute Gasteiger partial charge is 0.384 e. The van der Waals surface area contributed by atoms with Crippen LogP contribution in [0, 0.1) is 13.8 Å². The molecule has 2 aromatic carbocycles. The fourth-order valence-corrected chi connectivity index (χ4v) is 3.25. The van der Waals surface area contributed by atoms with E-state index < -0.39 is 0 Å². The van der Waals surface area contributed by atoms with Crippen molar-refractivity contribution in [3.8, 4) is 0 Å². The molecule has 0 fully saturated rings. The number of nitrogens with zero attached hydrogens (tertiary/aromatic N) is 1. The van der Waals surface area contributed by atoms with Crippen molar-refractivity contribution in [1.82, 2.24) is 4.90 Å². The highest BCUT2D eigenvalue weighted by Crippen LogP contribution is 2.21. The van der Waals surface area contributed by atoms with Gasteiger partial charge in [-0.15, -0.1) is 0 Å². The van der Waals surface area contributed by atoms with Gasteiger partial charge < -0.3 is 10.2 Å². The van der Waals surface area contributed by atoms with E-state index in [0.29, 0.717) is 13.0 Å². The molecule has 1 N–H and O–H groups in total. The predicted octanol–water partition coefficient (Wildman–Crippen LogP) is 3.69. The summed E-state index contributed by atoms with van der Waals surface area (Å²) in [7, 11) is 0. The van der Waals surface area contributed by atoms with Gasteiger partial charge in [0, 0.05) is 31.7 Å². The molecule has 0 bridgehead atoms. The maximum atomic E-state index is 12.5. The van der Waals surface area contributed by atoms with Crippen molar-refractivity contribution in [3.63, 3.8) is 0 Å². The van der Waals surface area contributed by atoms with Crippen molar-refractivity contribution < 1.29 is 4.79 Å². The fraction of sp³-hybridized carbons (Fsp3) is 0.350. The average Bonchev–Trinajstić information content (AvgIpc) is 2.57. The maximum absolute atomic E-state index is 12.5. The number of nitrogens with one attached hydrogen (secondary N) is 1. The van der Waals surface area contributed by atoms with E-state index in [2.05, 4.69) is 61.6 Å². The van der Waals surface area contributed by atoms with Gasteiger partial charge in [-0.05, 0) is 42.5 Å². The van der Waals surface area contributed by atoms with E-state index in [1.165, 1.54) is 22.3 Å². The van der Waals surface area contributed by atoms with Crippen molar-refractivity contribution in [2.75, 3.05) is 18.4 Å². The van der Waals surface area contributed by atoms with Crippen LogP contribution in [0.25, 0.3) is 0 Å². The molecule has 3 nitrogen and oxygen atoms in total. The van der Waals surface area contributed by atoms with Crippen LogP contribution in [0.3, 0.4) is 0 Å². The van der Waals surface area contributed by atoms with E-state index in [-0.39, 0.29) is 5.91 Å². The maximum Gasteiger partial charge on any atom is 0.224 e. The molecule has 0 aliphatic carbocycles. The number of benzene rings is 2. The lowest BCUT2D eigenvalue weighted by Crippen LogP contribution is -2.36. The molecule has 2 aromatic rings. The van der Waals surface area contributed by atoms with Gasteiger partial charge in [-0.3, -0.25) is 4.79 Å². The first-order chi connectivity index (χ1) is 11.1. The number of fused-ring (bicyclic) bond motifs is 1. The molecule has 0 saturated heterocycles. The van der Waals surface area contributed by atoms with Gasteiger partial charge in [-0.25, -0.2) is 0 Å². The summed E-state index contributed by atoms with van der Waals surface area (Å²) in [5.74, 6) is 0.234. The lowest BCUT2D eigenvalue weighted by Gasteiger charge is -2.29. The third-order valence-corrected chi connectivity index (χ3v) is 4.61. The highest BCUT2D eigenvalue weighted by atomic mass is 16.2. The Kier molecular flexibility index (Phi) is 4.65. The first-order valence-corrected chi connectivity index (χ1v) is 8.30. The van der Waals surface area contributed by atoms with Crippen LogP contribution >= 0.6 is 0 Å². The number of amides is 1. The minimum absolute atomic E-state index is 0.234. The van der Waals surface area contributed by atoms with Gasteiger partial charge in [0.15, 0.2) is 0 Å². The number of rotatable bonds is 4. The van der Waals surface area contributed by atoms with Crippen LogP contribution in [0.1, 0.15) is 28.7 Å². The van der Waals surface area contributed by atoms with Crippen molar-refractivity contribution >= 4 is 11.6 Å². The molecule has 1 heterocycles. The van der Waals surface area contributed by atoms with Gasteiger partial charge in [-0.1, -0.05) is 42.5 Å². The molecule has 0 saturated carbocycles. The van der Waals surface area contributed by atoms with Crippen LogP contribution in [-0.2, 0) is 17.8 Å². The highest BCUT2D eigenvalue weighted by molar-refractivity contribution is 5.77. The molecule has 0 radical (unpaired) electrons. The van der Waals surface area contributed by atoms with Crippen LogP contribution in [0.15, 0.2) is 42.5 Å². The smallest absolute Gasteiger partial charge is 0.224 e. The second kappa shape index (κ2) is 6.86. The first-order valence-electron chi connectivity index (χ1n) is 8.30. The third kappa shape index (κ3) is 3.55. The Morgan fingerprint density at radius 3 is 2.48 bits per heavy atom.